The number of hydrogen-bond donors (Lipinski definition) is 2. The Labute approximate surface area is 447 Å². The molecule has 422 valence electrons. The Morgan fingerprint density at radius 1 is 0.744 bits per heavy atom. The highest BCUT2D eigenvalue weighted by Crippen LogP contribution is 2.35. The number of H-pyrrole nitrogens is 1. The van der Waals surface area contributed by atoms with Crippen molar-refractivity contribution in [1.29, 1.82) is 0 Å². The molecule has 0 unspecified atom stereocenters. The van der Waals surface area contributed by atoms with Crippen LogP contribution in [0.2, 0.25) is 0 Å². The summed E-state index contributed by atoms with van der Waals surface area (Å²) in [5, 5.41) is 10.1. The van der Waals surface area contributed by atoms with Crippen LogP contribution in [-0.2, 0) is 49.3 Å². The molecule has 22 nitrogen and oxygen atoms in total. The van der Waals surface area contributed by atoms with E-state index < -0.39 is 52.9 Å². The molecule has 0 saturated carbocycles. The maximum absolute atomic E-state index is 14.6. The van der Waals surface area contributed by atoms with Gasteiger partial charge < -0.3 is 48.4 Å². The van der Waals surface area contributed by atoms with Crippen molar-refractivity contribution in [2.75, 3.05) is 93.9 Å². The fourth-order valence-electron chi connectivity index (χ4n) is 9.45. The van der Waals surface area contributed by atoms with Crippen molar-refractivity contribution in [2.24, 2.45) is 0 Å². The smallest absolute Gasteiger partial charge is 0.419 e. The number of hydrogen-bond acceptors (Lipinski definition) is 15. The minimum absolute atomic E-state index is 0.0934. The fraction of sp³-hybridized carbons (Fsp3) is 0.558. The number of anilines is 3. The number of aromatic nitrogens is 8. The number of nitrogens with one attached hydrogen (secondary N) is 2. The van der Waals surface area contributed by atoms with Gasteiger partial charge in [0.05, 0.1) is 43.4 Å². The van der Waals surface area contributed by atoms with Gasteiger partial charge in [-0.25, -0.2) is 19.0 Å². The second kappa shape index (κ2) is 22.9. The summed E-state index contributed by atoms with van der Waals surface area (Å²) in [7, 11) is 0. The van der Waals surface area contributed by atoms with E-state index in [4.69, 9.17) is 18.9 Å². The second-order valence-electron chi connectivity index (χ2n) is 21.1. The highest BCUT2D eigenvalue weighted by atomic mass is 19.4. The first kappa shape index (κ1) is 56.8. The van der Waals surface area contributed by atoms with Gasteiger partial charge in [0.1, 0.15) is 34.9 Å². The molecule has 8 heterocycles. The molecule has 3 amide bonds. The SMILES string of the molecule is CCc1c(N2CCN(C(=O)OC(C)(C)C)CC2)c(=O)n2nc(C3=CCOCC3)nc2n1CC(=O)Nc1ccc(C(F)(F)F)c(F)c1C.CCc1nc2nc(C3=CCOCC3)[nH]n2c(=O)c1N1CCN(C(=O)OC(C)(C)C)CC1. The highest BCUT2D eigenvalue weighted by Gasteiger charge is 2.36. The van der Waals surface area contributed by atoms with Crippen LogP contribution in [0, 0.1) is 12.7 Å². The average molecular weight is 1090 g/mol. The molecule has 4 aliphatic rings. The Morgan fingerprint density at radius 3 is 1.82 bits per heavy atom. The summed E-state index contributed by atoms with van der Waals surface area (Å²) in [6.45, 7) is 20.6. The van der Waals surface area contributed by atoms with Crippen molar-refractivity contribution < 1.29 is 50.9 Å². The monoisotopic (exact) mass is 1090 g/mol. The lowest BCUT2D eigenvalue weighted by atomic mass is 10.1. The van der Waals surface area contributed by atoms with Crippen molar-refractivity contribution in [2.45, 2.75) is 112 Å². The van der Waals surface area contributed by atoms with E-state index in [1.165, 1.54) is 4.52 Å². The minimum Gasteiger partial charge on any atom is -0.444 e. The zero-order chi connectivity index (χ0) is 56.4. The zero-order valence-electron chi connectivity index (χ0n) is 45.4. The van der Waals surface area contributed by atoms with Gasteiger partial charge in [-0.15, -0.1) is 5.10 Å². The molecule has 4 aromatic heterocycles. The topological polar surface area (TPSA) is 228 Å². The molecule has 4 aliphatic heterocycles. The third-order valence-corrected chi connectivity index (χ3v) is 13.3. The van der Waals surface area contributed by atoms with E-state index in [0.717, 1.165) is 40.8 Å². The molecule has 78 heavy (non-hydrogen) atoms. The number of aryl methyl sites for hydroxylation is 1. The van der Waals surface area contributed by atoms with E-state index in [1.807, 2.05) is 56.6 Å². The lowest BCUT2D eigenvalue weighted by Crippen LogP contribution is -2.51. The largest absolute Gasteiger partial charge is 0.444 e. The van der Waals surface area contributed by atoms with Gasteiger partial charge in [0.25, 0.3) is 16.9 Å². The van der Waals surface area contributed by atoms with E-state index in [0.29, 0.717) is 120 Å². The third kappa shape index (κ3) is 12.6. The zero-order valence-corrected chi connectivity index (χ0v) is 45.4. The molecule has 0 aliphatic carbocycles. The molecule has 26 heteroatoms. The van der Waals surface area contributed by atoms with Crippen molar-refractivity contribution in [1.82, 2.24) is 48.5 Å². The summed E-state index contributed by atoms with van der Waals surface area (Å²) in [5.74, 6) is -0.731. The van der Waals surface area contributed by atoms with E-state index >= 15 is 0 Å². The number of alkyl halides is 3. The molecule has 2 fully saturated rings. The standard InChI is InChI=1S/C31H37F4N7O5.C21H30N6O4/c1-6-22-25(39-11-13-40(14-12-39)29(45)47-30(3,4)5)27(44)42-28(37-26(38-42)19-9-15-46-16-10-19)41(22)17-23(43)36-21-8-7-20(31(33,34)35)24(32)18(21)2;1-5-15-16(25-8-10-26(11-9-25)20(29)31-21(2,3)4)18(28)27-19(22-15)23-17(24-27)14-6-12-30-13-7-14/h7-9H,6,10-17H2,1-5H3,(H,36,43);6H,5,7-13H2,1-4H3,(H,22,23,24). The van der Waals surface area contributed by atoms with Gasteiger partial charge >= 0.3 is 18.4 Å². The summed E-state index contributed by atoms with van der Waals surface area (Å²) in [6.07, 6.45) is 0.297. The van der Waals surface area contributed by atoms with Gasteiger partial charge in [-0.3, -0.25) is 19.5 Å². The van der Waals surface area contributed by atoms with Crippen LogP contribution in [0.5, 0.6) is 0 Å². The number of amides is 3. The number of rotatable bonds is 9. The van der Waals surface area contributed by atoms with E-state index in [-0.39, 0.29) is 47.5 Å². The molecule has 1 aromatic carbocycles. The van der Waals surface area contributed by atoms with Crippen LogP contribution in [0.4, 0.5) is 44.2 Å². The number of halogens is 4. The van der Waals surface area contributed by atoms with E-state index in [1.54, 1.807) is 35.1 Å². The number of benzene rings is 1. The Bertz CT molecular complexity index is 3260. The lowest BCUT2D eigenvalue weighted by Gasteiger charge is -2.37. The molecule has 0 spiro atoms. The van der Waals surface area contributed by atoms with E-state index in [2.05, 4.69) is 30.5 Å². The van der Waals surface area contributed by atoms with Crippen LogP contribution in [0.25, 0.3) is 22.7 Å². The van der Waals surface area contributed by atoms with Crippen molar-refractivity contribution in [3.8, 4) is 0 Å². The fourth-order valence-corrected chi connectivity index (χ4v) is 9.45. The molecule has 5 aromatic rings. The Kier molecular flexibility index (Phi) is 16.7. The summed E-state index contributed by atoms with van der Waals surface area (Å²) in [6, 6.07) is 1.58. The normalized spacial score (nSPS) is 16.7. The number of fused-ring (bicyclic) bond motifs is 2. The summed E-state index contributed by atoms with van der Waals surface area (Å²) in [4.78, 5) is 86.8. The van der Waals surface area contributed by atoms with Crippen LogP contribution >= 0.6 is 0 Å². The van der Waals surface area contributed by atoms with Gasteiger partial charge in [0, 0.05) is 63.6 Å². The molecular weight excluding hydrogens is 1030 g/mol. The number of ether oxygens (including phenoxy) is 4. The first-order chi connectivity index (χ1) is 36.8. The predicted molar refractivity (Wildman–Crippen MR) is 281 cm³/mol. The maximum atomic E-state index is 14.6. The van der Waals surface area contributed by atoms with Crippen molar-refractivity contribution in [3.63, 3.8) is 0 Å². The Morgan fingerprint density at radius 2 is 1.31 bits per heavy atom. The van der Waals surface area contributed by atoms with Gasteiger partial charge in [0.15, 0.2) is 11.6 Å². The first-order valence-electron chi connectivity index (χ1n) is 26.1. The summed E-state index contributed by atoms with van der Waals surface area (Å²) in [5.41, 5.74) is 0.104. The molecule has 0 atom stereocenters. The molecule has 0 radical (unpaired) electrons. The number of nitrogens with zero attached hydrogens (tertiary/aromatic N) is 11. The van der Waals surface area contributed by atoms with Crippen LogP contribution in [0.15, 0.2) is 33.9 Å². The van der Waals surface area contributed by atoms with Crippen LogP contribution < -0.4 is 26.2 Å². The quantitative estimate of drug-likeness (QED) is 0.155. The van der Waals surface area contributed by atoms with Gasteiger partial charge in [0.2, 0.25) is 11.7 Å². The summed E-state index contributed by atoms with van der Waals surface area (Å²) < 4.78 is 80.1. The molecule has 9 rings (SSSR count). The van der Waals surface area contributed by atoms with Crippen LogP contribution in [0.1, 0.15) is 102 Å². The molecule has 0 bridgehead atoms. The Hall–Kier alpha value is -7.35. The summed E-state index contributed by atoms with van der Waals surface area (Å²) >= 11 is 0. The highest BCUT2D eigenvalue weighted by molar-refractivity contribution is 5.92. The lowest BCUT2D eigenvalue weighted by molar-refractivity contribution is -0.140. The van der Waals surface area contributed by atoms with Gasteiger partial charge in [-0.1, -0.05) is 26.0 Å². The van der Waals surface area contributed by atoms with Gasteiger partial charge in [-0.2, -0.15) is 32.2 Å². The van der Waals surface area contributed by atoms with Crippen LogP contribution in [-0.4, -0.2) is 157 Å². The molecule has 2 saturated heterocycles. The average Bonchev–Trinajstić information content (AvgIpc) is 4.09. The third-order valence-electron chi connectivity index (χ3n) is 13.3. The molecule has 2 N–H and O–H groups in total. The first-order valence-corrected chi connectivity index (χ1v) is 26.1. The van der Waals surface area contributed by atoms with Crippen molar-refractivity contribution in [3.05, 3.63) is 85.0 Å². The van der Waals surface area contributed by atoms with Gasteiger partial charge in [-0.05, 0) is 97.4 Å². The molecular formula is C52H67F4N13O9. The van der Waals surface area contributed by atoms with Crippen LogP contribution in [0.3, 0.4) is 0 Å². The van der Waals surface area contributed by atoms with E-state index in [9.17, 15) is 41.5 Å². The van der Waals surface area contributed by atoms with Crippen molar-refractivity contribution >= 4 is 57.9 Å². The second-order valence-corrected chi connectivity index (χ2v) is 21.1. The Balaban J connectivity index is 0.000000224. The number of aromatic amines is 1. The maximum Gasteiger partial charge on any atom is 0.419 e. The minimum atomic E-state index is -4.89. The number of piperazine rings is 2. The number of carbonyl (C=O) groups is 3. The number of carbonyl (C=O) groups excluding carboxylic acids is 3. The predicted octanol–water partition coefficient (Wildman–Crippen LogP) is 6.26.